The lowest BCUT2D eigenvalue weighted by atomic mass is 10.0. The fourth-order valence-corrected chi connectivity index (χ4v) is 1.93. The third kappa shape index (κ3) is 5.46. The third-order valence-corrected chi connectivity index (χ3v) is 2.56. The molecule has 1 rings (SSSR count). The summed E-state index contributed by atoms with van der Waals surface area (Å²) in [4.78, 5) is 22.5. The van der Waals surface area contributed by atoms with Crippen LogP contribution in [0.4, 0.5) is 0 Å². The van der Waals surface area contributed by atoms with E-state index in [1.807, 2.05) is 20.8 Å². The Balaban J connectivity index is 2.95. The van der Waals surface area contributed by atoms with Crippen molar-refractivity contribution in [3.8, 4) is 0 Å². The molecule has 0 saturated carbocycles. The van der Waals surface area contributed by atoms with Crippen molar-refractivity contribution in [1.29, 1.82) is 0 Å². The molecule has 6 nitrogen and oxygen atoms in total. The minimum atomic E-state index is -1.01. The maximum Gasteiger partial charge on any atom is 0.303 e. The smallest absolute Gasteiger partial charge is 0.303 e. The van der Waals surface area contributed by atoms with E-state index in [9.17, 15) is 9.59 Å². The number of hydrogen-bond acceptors (Lipinski definition) is 6. The Morgan fingerprint density at radius 1 is 1.20 bits per heavy atom. The number of hydrogen-bond donors (Lipinski definition) is 0. The number of carbonyl (C=O) groups is 2. The van der Waals surface area contributed by atoms with E-state index in [2.05, 4.69) is 0 Å². The molecular weight excluding hydrogens is 264 g/mol. The highest BCUT2D eigenvalue weighted by atomic mass is 16.7. The van der Waals surface area contributed by atoms with Crippen LogP contribution in [0.1, 0.15) is 49.3 Å². The number of rotatable bonds is 3. The molecule has 0 aromatic carbocycles. The highest BCUT2D eigenvalue weighted by Gasteiger charge is 2.42. The lowest BCUT2D eigenvalue weighted by Gasteiger charge is -2.40. The second-order valence-corrected chi connectivity index (χ2v) is 5.78. The van der Waals surface area contributed by atoms with Gasteiger partial charge in [-0.2, -0.15) is 0 Å². The Morgan fingerprint density at radius 3 is 2.20 bits per heavy atom. The average Bonchev–Trinajstić information content (AvgIpc) is 2.27. The molecular formula is C14H24O6. The summed E-state index contributed by atoms with van der Waals surface area (Å²) in [6, 6.07) is 0. The maximum atomic E-state index is 11.3. The summed E-state index contributed by atoms with van der Waals surface area (Å²) < 4.78 is 29.8. The largest absolute Gasteiger partial charge is 0.458 e. The van der Waals surface area contributed by atoms with Crippen LogP contribution in [-0.4, -0.2) is 42.1 Å². The summed E-state index contributed by atoms with van der Waals surface area (Å²) in [5, 5.41) is 0. The number of ether oxygens (including phenoxy) is 4. The molecule has 20 heavy (non-hydrogen) atoms. The van der Waals surface area contributed by atoms with Crippen molar-refractivity contribution in [2.24, 2.45) is 0 Å². The number of esters is 2. The fourth-order valence-electron chi connectivity index (χ4n) is 1.93. The van der Waals surface area contributed by atoms with Crippen molar-refractivity contribution in [1.82, 2.24) is 0 Å². The third-order valence-electron chi connectivity index (χ3n) is 2.56. The minimum absolute atomic E-state index is 0.515. The van der Waals surface area contributed by atoms with Crippen LogP contribution in [0.3, 0.4) is 0 Å². The van der Waals surface area contributed by atoms with E-state index in [1.165, 1.54) is 13.8 Å². The van der Waals surface area contributed by atoms with E-state index in [-0.39, 0.29) is 0 Å². The molecule has 0 aromatic heterocycles. The predicted molar refractivity (Wildman–Crippen MR) is 70.9 cm³/mol. The molecule has 0 aliphatic carbocycles. The van der Waals surface area contributed by atoms with Gasteiger partial charge >= 0.3 is 11.9 Å². The zero-order chi connectivity index (χ0) is 16.4. The van der Waals surface area contributed by atoms with E-state index in [1.54, 1.807) is 6.92 Å². The number of carbonyl (C=O) groups excluding carboxylic acids is 2. The Bertz CT molecular complexity index is 391. The van der Waals surface area contributed by atoms with Crippen molar-refractivity contribution in [3.05, 3.63) is 0 Å². The second-order valence-electron chi connectivity index (χ2n) is 5.78. The molecule has 0 amide bonds. The van der Waals surface area contributed by atoms with Crippen LogP contribution < -0.4 is 0 Å². The van der Waals surface area contributed by atoms with Gasteiger partial charge in [0.05, 0.1) is 11.7 Å². The van der Waals surface area contributed by atoms with E-state index in [0.29, 0.717) is 0 Å². The summed E-state index contributed by atoms with van der Waals surface area (Å²) >= 11 is 0. The van der Waals surface area contributed by atoms with E-state index in [0.717, 1.165) is 0 Å². The Hall–Kier alpha value is -1.14. The van der Waals surface area contributed by atoms with Gasteiger partial charge < -0.3 is 18.9 Å². The Kier molecular flexibility index (Phi) is 4.99. The van der Waals surface area contributed by atoms with Gasteiger partial charge in [0.1, 0.15) is 6.10 Å². The molecule has 0 bridgehead atoms. The summed E-state index contributed by atoms with van der Waals surface area (Å²) in [5.41, 5.74) is -0.515. The molecule has 1 fully saturated rings. The summed E-state index contributed by atoms with van der Waals surface area (Å²) in [6.07, 6.45) is -4.17. The molecule has 5 atom stereocenters. The molecule has 1 aliphatic heterocycles. The molecule has 1 saturated heterocycles. The molecule has 0 radical (unpaired) electrons. The van der Waals surface area contributed by atoms with Gasteiger partial charge in [0.25, 0.3) is 0 Å². The average molecular weight is 289 g/mol. The molecule has 0 unspecified atom stereocenters. The van der Waals surface area contributed by atoms with Crippen molar-refractivity contribution in [3.63, 3.8) is 0 Å². The van der Waals surface area contributed by atoms with Crippen molar-refractivity contribution < 1.29 is 29.9 Å². The van der Waals surface area contributed by atoms with Crippen LogP contribution >= 0.6 is 0 Å². The van der Waals surface area contributed by atoms with Crippen LogP contribution in [0.15, 0.2) is 0 Å². The highest BCUT2D eigenvalue weighted by molar-refractivity contribution is 5.67. The van der Waals surface area contributed by atoms with Gasteiger partial charge in [-0.1, -0.05) is 0 Å². The Labute approximate surface area is 121 Å². The van der Waals surface area contributed by atoms with Gasteiger partial charge in [-0.3, -0.25) is 9.59 Å². The molecule has 1 aliphatic rings. The lowest BCUT2D eigenvalue weighted by molar-refractivity contribution is -0.277. The van der Waals surface area contributed by atoms with Gasteiger partial charge in [-0.05, 0) is 27.7 Å². The first-order valence-corrected chi connectivity index (χ1v) is 6.61. The molecule has 0 spiro atoms. The zero-order valence-corrected chi connectivity index (χ0v) is 12.8. The zero-order valence-electron chi connectivity index (χ0n) is 13.8. The van der Waals surface area contributed by atoms with Gasteiger partial charge in [-0.15, -0.1) is 0 Å². The van der Waals surface area contributed by atoms with Crippen LogP contribution in [0, 0.1) is 0 Å². The van der Waals surface area contributed by atoms with E-state index >= 15 is 0 Å². The molecule has 0 aromatic rings. The second kappa shape index (κ2) is 6.54. The first-order valence-electron chi connectivity index (χ1n) is 7.19. The molecule has 116 valence electrons. The first kappa shape index (κ1) is 15.3. The van der Waals surface area contributed by atoms with Crippen LogP contribution in [0.25, 0.3) is 0 Å². The molecule has 1 heterocycles. The van der Waals surface area contributed by atoms with Crippen molar-refractivity contribution in [2.45, 2.75) is 78.1 Å². The first-order chi connectivity index (χ1) is 9.51. The summed E-state index contributed by atoms with van der Waals surface area (Å²) in [6.45, 7) is 9.72. The summed E-state index contributed by atoms with van der Waals surface area (Å²) in [5.74, 6) is -1.06. The van der Waals surface area contributed by atoms with Crippen molar-refractivity contribution in [2.75, 3.05) is 0 Å². The molecule has 0 N–H and O–H groups in total. The summed E-state index contributed by atoms with van der Waals surface area (Å²) in [7, 11) is 0. The maximum absolute atomic E-state index is 11.3. The minimum Gasteiger partial charge on any atom is -0.458 e. The highest BCUT2D eigenvalue weighted by Crippen LogP contribution is 2.28. The van der Waals surface area contributed by atoms with Crippen LogP contribution in [0.5, 0.6) is 0 Å². The lowest BCUT2D eigenvalue weighted by Crippen LogP contribution is -2.52. The van der Waals surface area contributed by atoms with E-state index < -0.39 is 48.5 Å². The van der Waals surface area contributed by atoms with Gasteiger partial charge in [0.2, 0.25) is 0 Å². The van der Waals surface area contributed by atoms with E-state index in [4.69, 9.17) is 20.3 Å². The molecule has 6 heteroatoms. The van der Waals surface area contributed by atoms with Crippen LogP contribution in [-0.2, 0) is 28.5 Å². The standard InChI is InChI=1S/C14H24O6/c1-8-13(19-10(3)16)11(18-9(2)15)7-12(17-8)20-14(4,5)6/h8,11-13H,7H2,1-6H3/t8-,11-,12-,13-/m0/s1/i7D/t7-,8+,11+,12+,13+/m1. The predicted octanol–water partition coefficient (Wildman–Crippen LogP) is 1.80. The van der Waals surface area contributed by atoms with Gasteiger partial charge in [0.15, 0.2) is 12.4 Å². The van der Waals surface area contributed by atoms with Gasteiger partial charge in [-0.25, -0.2) is 0 Å². The fraction of sp³-hybridized carbons (Fsp3) is 0.857. The monoisotopic (exact) mass is 289 g/mol. The quantitative estimate of drug-likeness (QED) is 0.738. The topological polar surface area (TPSA) is 71.1 Å². The SMILES string of the molecule is [2H][C@H]1[C@H](OC(C)(C)C)O[C@@H](C)[C@H](OC(C)=O)[C@H]1OC(C)=O. The normalized spacial score (nSPS) is 35.1. The van der Waals surface area contributed by atoms with Crippen LogP contribution in [0.2, 0.25) is 0 Å². The van der Waals surface area contributed by atoms with Gasteiger partial charge in [0, 0.05) is 21.6 Å². The Morgan fingerprint density at radius 2 is 1.75 bits per heavy atom. The van der Waals surface area contributed by atoms with Crippen molar-refractivity contribution >= 4 is 11.9 Å².